The molecule has 2 aromatic carbocycles. The summed E-state index contributed by atoms with van der Waals surface area (Å²) in [5.74, 6) is 1.45. The van der Waals surface area contributed by atoms with Crippen molar-refractivity contribution in [3.05, 3.63) is 80.4 Å². The Kier molecular flexibility index (Phi) is 5.91. The summed E-state index contributed by atoms with van der Waals surface area (Å²) in [5.41, 5.74) is 2.98. The van der Waals surface area contributed by atoms with Crippen molar-refractivity contribution in [2.24, 2.45) is 0 Å². The maximum absolute atomic E-state index is 12.5. The molecule has 1 fully saturated rings. The number of amides is 1. The van der Waals surface area contributed by atoms with Crippen LogP contribution >= 0.6 is 11.8 Å². The van der Waals surface area contributed by atoms with Crippen LogP contribution in [0.3, 0.4) is 0 Å². The van der Waals surface area contributed by atoms with Gasteiger partial charge in [0.05, 0.1) is 22.6 Å². The van der Waals surface area contributed by atoms with Crippen LogP contribution in [0.1, 0.15) is 16.9 Å². The molecular formula is C23H21N3O5S. The van der Waals surface area contributed by atoms with Gasteiger partial charge >= 0.3 is 0 Å². The zero-order chi connectivity index (χ0) is 22.8. The van der Waals surface area contributed by atoms with E-state index in [-0.39, 0.29) is 17.1 Å². The summed E-state index contributed by atoms with van der Waals surface area (Å²) in [7, 11) is 1.60. The number of anilines is 1. The third kappa shape index (κ3) is 4.47. The van der Waals surface area contributed by atoms with Crippen LogP contribution in [0.5, 0.6) is 5.75 Å². The molecule has 9 heteroatoms. The summed E-state index contributed by atoms with van der Waals surface area (Å²) in [6.45, 7) is 3.84. The number of benzene rings is 2. The molecule has 1 aliphatic heterocycles. The maximum atomic E-state index is 12.5. The Morgan fingerprint density at radius 1 is 1.19 bits per heavy atom. The second-order valence-corrected chi connectivity index (χ2v) is 8.43. The molecule has 1 unspecified atom stereocenters. The minimum absolute atomic E-state index is 0.00637. The van der Waals surface area contributed by atoms with E-state index in [4.69, 9.17) is 9.15 Å². The number of ether oxygens (including phenoxy) is 1. The predicted molar refractivity (Wildman–Crippen MR) is 124 cm³/mol. The Hall–Kier alpha value is -3.72. The average Bonchev–Trinajstić information content (AvgIpc) is 3.35. The minimum Gasteiger partial charge on any atom is -0.495 e. The van der Waals surface area contributed by atoms with E-state index >= 15 is 0 Å². The van der Waals surface area contributed by atoms with Crippen molar-refractivity contribution in [1.29, 1.82) is 0 Å². The molecule has 164 valence electrons. The summed E-state index contributed by atoms with van der Waals surface area (Å²) >= 11 is 1.33. The van der Waals surface area contributed by atoms with E-state index < -0.39 is 4.92 Å². The fourth-order valence-electron chi connectivity index (χ4n) is 3.33. The second kappa shape index (κ2) is 8.80. The molecule has 3 aromatic rings. The number of methoxy groups -OCH3 is 1. The van der Waals surface area contributed by atoms with Gasteiger partial charge in [0.25, 0.3) is 11.6 Å². The highest BCUT2D eigenvalue weighted by atomic mass is 32.2. The molecule has 1 amide bonds. The number of hydrogen-bond acceptors (Lipinski definition) is 7. The van der Waals surface area contributed by atoms with Crippen LogP contribution in [-0.2, 0) is 4.79 Å². The van der Waals surface area contributed by atoms with Gasteiger partial charge in [-0.2, -0.15) is 0 Å². The molecule has 4 rings (SSSR count). The highest BCUT2D eigenvalue weighted by molar-refractivity contribution is 8.05. The standard InChI is InChI=1S/C23H21N3O5S/c1-13-4-8-20(30-3)18(10-13)24-23-25-22(27)21(32-23)12-16-7-9-19(31-16)17-11-15(26(28)29)6-5-14(17)2/h4-12,23-24H,1-3H3,(H,25,27)/b21-12-. The van der Waals surface area contributed by atoms with Crippen LogP contribution in [0, 0.1) is 24.0 Å². The summed E-state index contributed by atoms with van der Waals surface area (Å²) in [6.07, 6.45) is 1.66. The van der Waals surface area contributed by atoms with Crippen molar-refractivity contribution < 1.29 is 18.9 Å². The molecule has 0 spiro atoms. The van der Waals surface area contributed by atoms with Crippen LogP contribution in [0.4, 0.5) is 11.4 Å². The topological polar surface area (TPSA) is 107 Å². The number of carbonyl (C=O) groups excluding carboxylic acids is 1. The molecule has 8 nitrogen and oxygen atoms in total. The molecular weight excluding hydrogens is 430 g/mol. The van der Waals surface area contributed by atoms with E-state index in [0.717, 1.165) is 16.8 Å². The van der Waals surface area contributed by atoms with Crippen molar-refractivity contribution in [1.82, 2.24) is 5.32 Å². The number of nitro groups is 1. The van der Waals surface area contributed by atoms with E-state index in [9.17, 15) is 14.9 Å². The van der Waals surface area contributed by atoms with Crippen molar-refractivity contribution in [3.8, 4) is 17.1 Å². The van der Waals surface area contributed by atoms with Gasteiger partial charge in [0.1, 0.15) is 17.3 Å². The number of nitrogens with one attached hydrogen (secondary N) is 2. The van der Waals surface area contributed by atoms with E-state index in [1.165, 1.54) is 23.9 Å². The van der Waals surface area contributed by atoms with Crippen LogP contribution < -0.4 is 15.4 Å². The second-order valence-electron chi connectivity index (χ2n) is 7.29. The molecule has 2 N–H and O–H groups in total. The molecule has 0 bridgehead atoms. The van der Waals surface area contributed by atoms with Gasteiger partial charge in [0.15, 0.2) is 5.50 Å². The minimum atomic E-state index is -0.440. The van der Waals surface area contributed by atoms with Gasteiger partial charge < -0.3 is 19.8 Å². The lowest BCUT2D eigenvalue weighted by atomic mass is 10.1. The SMILES string of the molecule is COc1ccc(C)cc1NC1NC(=O)/C(=C/c2ccc(-c3cc([N+](=O)[O-])ccc3C)o2)S1. The van der Waals surface area contributed by atoms with E-state index in [0.29, 0.717) is 27.7 Å². The molecule has 0 aliphatic carbocycles. The average molecular weight is 452 g/mol. The van der Waals surface area contributed by atoms with Gasteiger partial charge in [0.2, 0.25) is 0 Å². The number of nitrogens with zero attached hydrogens (tertiary/aromatic N) is 1. The first-order valence-corrected chi connectivity index (χ1v) is 10.7. The Morgan fingerprint density at radius 3 is 2.75 bits per heavy atom. The summed E-state index contributed by atoms with van der Waals surface area (Å²) in [4.78, 5) is 23.6. The monoisotopic (exact) mass is 451 g/mol. The summed E-state index contributed by atoms with van der Waals surface area (Å²) < 4.78 is 11.2. The fourth-order valence-corrected chi connectivity index (χ4v) is 4.29. The largest absolute Gasteiger partial charge is 0.495 e. The lowest BCUT2D eigenvalue weighted by Crippen LogP contribution is -2.31. The smallest absolute Gasteiger partial charge is 0.270 e. The molecule has 1 aromatic heterocycles. The fraction of sp³-hybridized carbons (Fsp3) is 0.174. The molecule has 2 heterocycles. The number of aryl methyl sites for hydroxylation is 2. The number of furan rings is 1. The van der Waals surface area contributed by atoms with Gasteiger partial charge in [-0.05, 0) is 49.2 Å². The van der Waals surface area contributed by atoms with Crippen LogP contribution in [0.15, 0.2) is 57.9 Å². The van der Waals surface area contributed by atoms with Crippen molar-refractivity contribution in [2.45, 2.75) is 19.3 Å². The quantitative estimate of drug-likeness (QED) is 0.306. The number of rotatable bonds is 6. The van der Waals surface area contributed by atoms with E-state index in [1.54, 1.807) is 31.4 Å². The molecule has 32 heavy (non-hydrogen) atoms. The third-order valence-corrected chi connectivity index (χ3v) is 6.00. The Balaban J connectivity index is 1.53. The maximum Gasteiger partial charge on any atom is 0.270 e. The Labute approximate surface area is 188 Å². The Bertz CT molecular complexity index is 1230. The number of non-ortho nitro benzene ring substituents is 1. The van der Waals surface area contributed by atoms with Gasteiger partial charge in [-0.3, -0.25) is 14.9 Å². The lowest BCUT2D eigenvalue weighted by Gasteiger charge is -2.16. The Morgan fingerprint density at radius 2 is 2.00 bits per heavy atom. The van der Waals surface area contributed by atoms with E-state index in [2.05, 4.69) is 10.6 Å². The molecule has 0 radical (unpaired) electrons. The molecule has 1 atom stereocenters. The van der Waals surface area contributed by atoms with Crippen molar-refractivity contribution in [3.63, 3.8) is 0 Å². The van der Waals surface area contributed by atoms with Gasteiger partial charge in [-0.1, -0.05) is 23.9 Å². The zero-order valence-electron chi connectivity index (χ0n) is 17.7. The molecule has 0 saturated carbocycles. The first kappa shape index (κ1) is 21.5. The third-order valence-electron chi connectivity index (χ3n) is 4.97. The first-order valence-electron chi connectivity index (χ1n) is 9.79. The predicted octanol–water partition coefficient (Wildman–Crippen LogP) is 5.08. The zero-order valence-corrected chi connectivity index (χ0v) is 18.5. The van der Waals surface area contributed by atoms with Gasteiger partial charge in [-0.15, -0.1) is 0 Å². The normalized spacial score (nSPS) is 16.8. The highest BCUT2D eigenvalue weighted by Crippen LogP contribution is 2.35. The summed E-state index contributed by atoms with van der Waals surface area (Å²) in [6, 6.07) is 13.9. The van der Waals surface area contributed by atoms with E-state index in [1.807, 2.05) is 32.0 Å². The van der Waals surface area contributed by atoms with Gasteiger partial charge in [0, 0.05) is 23.8 Å². The van der Waals surface area contributed by atoms with Crippen LogP contribution in [0.25, 0.3) is 17.4 Å². The molecule has 1 aliphatic rings. The first-order chi connectivity index (χ1) is 15.3. The number of thioether (sulfide) groups is 1. The number of carbonyl (C=O) groups is 1. The highest BCUT2D eigenvalue weighted by Gasteiger charge is 2.28. The van der Waals surface area contributed by atoms with Crippen LogP contribution in [0.2, 0.25) is 0 Å². The molecule has 1 saturated heterocycles. The van der Waals surface area contributed by atoms with Crippen LogP contribution in [-0.4, -0.2) is 23.4 Å². The number of hydrogen-bond donors (Lipinski definition) is 2. The lowest BCUT2D eigenvalue weighted by molar-refractivity contribution is -0.384. The van der Waals surface area contributed by atoms with Gasteiger partial charge in [-0.25, -0.2) is 0 Å². The number of nitro benzene ring substituents is 1. The van der Waals surface area contributed by atoms with Crippen molar-refractivity contribution >= 4 is 35.1 Å². The van der Waals surface area contributed by atoms with Crippen molar-refractivity contribution in [2.75, 3.05) is 12.4 Å². The summed E-state index contributed by atoms with van der Waals surface area (Å²) in [5, 5.41) is 17.2.